The predicted molar refractivity (Wildman–Crippen MR) is 198 cm³/mol. The van der Waals surface area contributed by atoms with Crippen LogP contribution in [0, 0.1) is 52.3 Å². The smallest absolute Gasteiger partial charge is 0.306 e. The normalized spacial score (nSPS) is 33.6. The van der Waals surface area contributed by atoms with E-state index in [1.165, 1.54) is 128 Å². The maximum absolute atomic E-state index is 12.8. The molecule has 4 aliphatic rings. The Morgan fingerprint density at radius 3 is 2.13 bits per heavy atom. The van der Waals surface area contributed by atoms with Crippen LogP contribution >= 0.6 is 0 Å². The van der Waals surface area contributed by atoms with Gasteiger partial charge in [0, 0.05) is 12.8 Å². The van der Waals surface area contributed by atoms with Gasteiger partial charge in [-0.3, -0.25) is 4.79 Å². The van der Waals surface area contributed by atoms with Gasteiger partial charge in [-0.1, -0.05) is 150 Å². The molecule has 0 aromatic carbocycles. The molecule has 4 rings (SSSR count). The molecule has 0 amide bonds. The molecule has 2 heteroatoms. The van der Waals surface area contributed by atoms with Crippen molar-refractivity contribution in [2.24, 2.45) is 52.3 Å². The average Bonchev–Trinajstić information content (AvgIpc) is 3.38. The van der Waals surface area contributed by atoms with Gasteiger partial charge >= 0.3 is 5.97 Å². The summed E-state index contributed by atoms with van der Waals surface area (Å²) in [6.45, 7) is 17.4. The Morgan fingerprint density at radius 2 is 1.46 bits per heavy atom. The summed E-state index contributed by atoms with van der Waals surface area (Å²) in [7, 11) is 0. The fourth-order valence-corrected chi connectivity index (χ4v) is 11.4. The van der Waals surface area contributed by atoms with E-state index in [1.807, 2.05) is 0 Å². The molecule has 9 atom stereocenters. The lowest BCUT2D eigenvalue weighted by Gasteiger charge is -2.58. The zero-order valence-electron chi connectivity index (χ0n) is 32.0. The summed E-state index contributed by atoms with van der Waals surface area (Å²) in [5.41, 5.74) is 2.54. The van der Waals surface area contributed by atoms with Gasteiger partial charge < -0.3 is 4.74 Å². The second kappa shape index (κ2) is 18.3. The number of carbonyl (C=O) groups is 1. The fourth-order valence-electron chi connectivity index (χ4n) is 11.4. The number of allylic oxidation sites excluding steroid dienone is 1. The molecule has 0 aromatic heterocycles. The first-order valence-electron chi connectivity index (χ1n) is 21.0. The standard InChI is InChI=1S/C44H78O2/c1-8-34(4)21-17-15-13-11-9-10-12-14-16-18-23-42(45)46-37-28-30-43(6)36(32-37)24-25-38-40-27-26-39(35(5)22-19-20-33(2)3)44(40,7)31-29-41(38)43/h24,33-35,37-41H,8-23,25-32H2,1-7H3/t34?,35-,37?,38+,39-,40+,41+,43+,44-/m1/s1. The molecule has 0 aliphatic heterocycles. The monoisotopic (exact) mass is 639 g/mol. The van der Waals surface area contributed by atoms with E-state index >= 15 is 0 Å². The van der Waals surface area contributed by atoms with Gasteiger partial charge in [0.1, 0.15) is 6.10 Å². The van der Waals surface area contributed by atoms with Crippen LogP contribution in [0.2, 0.25) is 0 Å². The van der Waals surface area contributed by atoms with Crippen molar-refractivity contribution < 1.29 is 9.53 Å². The van der Waals surface area contributed by atoms with Gasteiger partial charge in [-0.25, -0.2) is 0 Å². The fraction of sp³-hybridized carbons (Fsp3) is 0.932. The second-order valence-corrected chi connectivity index (χ2v) is 18.2. The number of carbonyl (C=O) groups excluding carboxylic acids is 1. The molecule has 0 radical (unpaired) electrons. The number of hydrogen-bond acceptors (Lipinski definition) is 2. The van der Waals surface area contributed by atoms with Gasteiger partial charge in [0.15, 0.2) is 0 Å². The molecular formula is C44H78O2. The lowest BCUT2D eigenvalue weighted by molar-refractivity contribution is -0.151. The van der Waals surface area contributed by atoms with Crippen LogP contribution in [0.25, 0.3) is 0 Å². The van der Waals surface area contributed by atoms with Crippen molar-refractivity contribution in [3.63, 3.8) is 0 Å². The summed E-state index contributed by atoms with van der Waals surface area (Å²) in [5.74, 6) is 6.25. The Balaban J connectivity index is 1.13. The van der Waals surface area contributed by atoms with Crippen LogP contribution in [0.5, 0.6) is 0 Å². The Bertz CT molecular complexity index is 934. The summed E-state index contributed by atoms with van der Waals surface area (Å²) < 4.78 is 6.13. The molecule has 46 heavy (non-hydrogen) atoms. The summed E-state index contributed by atoms with van der Waals surface area (Å²) in [6.07, 6.45) is 33.9. The Labute approximate surface area is 287 Å². The van der Waals surface area contributed by atoms with E-state index in [1.54, 1.807) is 5.57 Å². The number of unbranched alkanes of at least 4 members (excludes halogenated alkanes) is 9. The molecule has 0 heterocycles. The largest absolute Gasteiger partial charge is 0.462 e. The van der Waals surface area contributed by atoms with E-state index in [2.05, 4.69) is 54.5 Å². The first-order chi connectivity index (χ1) is 22.1. The van der Waals surface area contributed by atoms with Crippen molar-refractivity contribution in [2.45, 2.75) is 209 Å². The van der Waals surface area contributed by atoms with Crippen molar-refractivity contribution in [1.29, 1.82) is 0 Å². The minimum Gasteiger partial charge on any atom is -0.462 e. The SMILES string of the molecule is CCC(C)CCCCCCCCCCCCC(=O)OC1CC[C@@]2(C)C(=CC[C@H]3[C@@H]4CC[C@H]([C@H](C)CCCC(C)C)[C@@]4(C)CC[C@@H]32)C1. The molecule has 3 saturated carbocycles. The third-order valence-electron chi connectivity index (χ3n) is 14.6. The first-order valence-corrected chi connectivity index (χ1v) is 21.0. The molecule has 2 nitrogen and oxygen atoms in total. The van der Waals surface area contributed by atoms with Crippen molar-refractivity contribution in [1.82, 2.24) is 0 Å². The molecular weight excluding hydrogens is 560 g/mol. The highest BCUT2D eigenvalue weighted by molar-refractivity contribution is 5.69. The predicted octanol–water partition coefficient (Wildman–Crippen LogP) is 13.7. The minimum absolute atomic E-state index is 0.0632. The van der Waals surface area contributed by atoms with E-state index in [0.29, 0.717) is 17.3 Å². The third-order valence-corrected chi connectivity index (χ3v) is 14.6. The Kier molecular flexibility index (Phi) is 15.1. The van der Waals surface area contributed by atoms with E-state index in [0.717, 1.165) is 60.7 Å². The average molecular weight is 639 g/mol. The summed E-state index contributed by atoms with van der Waals surface area (Å²) in [4.78, 5) is 12.8. The number of fused-ring (bicyclic) bond motifs is 5. The molecule has 0 N–H and O–H groups in total. The highest BCUT2D eigenvalue weighted by Gasteiger charge is 2.59. The van der Waals surface area contributed by atoms with E-state index in [9.17, 15) is 4.79 Å². The van der Waals surface area contributed by atoms with Crippen LogP contribution in [0.4, 0.5) is 0 Å². The van der Waals surface area contributed by atoms with Gasteiger partial charge in [-0.15, -0.1) is 0 Å². The zero-order valence-corrected chi connectivity index (χ0v) is 32.0. The van der Waals surface area contributed by atoms with E-state index < -0.39 is 0 Å². The van der Waals surface area contributed by atoms with Crippen molar-refractivity contribution in [2.75, 3.05) is 0 Å². The highest BCUT2D eigenvalue weighted by Crippen LogP contribution is 2.67. The highest BCUT2D eigenvalue weighted by atomic mass is 16.5. The molecule has 0 spiro atoms. The van der Waals surface area contributed by atoms with E-state index in [-0.39, 0.29) is 12.1 Å². The van der Waals surface area contributed by atoms with Gasteiger partial charge in [-0.05, 0) is 104 Å². The molecule has 2 unspecified atom stereocenters. The van der Waals surface area contributed by atoms with Crippen molar-refractivity contribution in [3.8, 4) is 0 Å². The van der Waals surface area contributed by atoms with Gasteiger partial charge in [0.25, 0.3) is 0 Å². The molecule has 0 saturated heterocycles. The van der Waals surface area contributed by atoms with E-state index in [4.69, 9.17) is 4.74 Å². The maximum atomic E-state index is 12.8. The molecule has 0 aromatic rings. The van der Waals surface area contributed by atoms with Crippen LogP contribution in [-0.2, 0) is 9.53 Å². The second-order valence-electron chi connectivity index (χ2n) is 18.2. The lowest BCUT2D eigenvalue weighted by Crippen LogP contribution is -2.51. The van der Waals surface area contributed by atoms with Crippen LogP contribution < -0.4 is 0 Å². The molecule has 3 fully saturated rings. The molecule has 266 valence electrons. The number of hydrogen-bond donors (Lipinski definition) is 0. The van der Waals surface area contributed by atoms with Crippen LogP contribution in [0.1, 0.15) is 203 Å². The van der Waals surface area contributed by atoms with Gasteiger partial charge in [0.2, 0.25) is 0 Å². The van der Waals surface area contributed by atoms with Crippen LogP contribution in [0.15, 0.2) is 11.6 Å². The zero-order chi connectivity index (χ0) is 33.2. The van der Waals surface area contributed by atoms with Crippen LogP contribution in [0.3, 0.4) is 0 Å². The van der Waals surface area contributed by atoms with Crippen molar-refractivity contribution in [3.05, 3.63) is 11.6 Å². The molecule has 0 bridgehead atoms. The van der Waals surface area contributed by atoms with Gasteiger partial charge in [0.05, 0.1) is 0 Å². The van der Waals surface area contributed by atoms with Crippen LogP contribution in [-0.4, -0.2) is 12.1 Å². The number of esters is 1. The Hall–Kier alpha value is -0.790. The maximum Gasteiger partial charge on any atom is 0.306 e. The van der Waals surface area contributed by atoms with Crippen molar-refractivity contribution >= 4 is 5.97 Å². The summed E-state index contributed by atoms with van der Waals surface area (Å²) in [6, 6.07) is 0. The van der Waals surface area contributed by atoms with Gasteiger partial charge in [-0.2, -0.15) is 0 Å². The summed E-state index contributed by atoms with van der Waals surface area (Å²) >= 11 is 0. The quantitative estimate of drug-likeness (QED) is 0.0753. The number of ether oxygens (including phenoxy) is 1. The Morgan fingerprint density at radius 1 is 0.783 bits per heavy atom. The third kappa shape index (κ3) is 9.89. The summed E-state index contributed by atoms with van der Waals surface area (Å²) in [5, 5.41) is 0. The minimum atomic E-state index is 0.0632. The molecule has 4 aliphatic carbocycles. The topological polar surface area (TPSA) is 26.3 Å². The number of rotatable bonds is 20. The lowest BCUT2D eigenvalue weighted by atomic mass is 9.47. The first kappa shape index (κ1) is 38.0.